The number of hydrogen-bond acceptors (Lipinski definition) is 6. The zero-order chi connectivity index (χ0) is 18.5. The Morgan fingerprint density at radius 2 is 1.89 bits per heavy atom. The van der Waals surface area contributed by atoms with Crippen LogP contribution in [0.5, 0.6) is 0 Å². The van der Waals surface area contributed by atoms with E-state index < -0.39 is 0 Å². The van der Waals surface area contributed by atoms with Crippen LogP contribution in [-0.2, 0) is 4.74 Å². The van der Waals surface area contributed by atoms with Gasteiger partial charge >= 0.3 is 0 Å². The topological polar surface area (TPSA) is 62.3 Å². The normalized spacial score (nSPS) is 19.9. The van der Waals surface area contributed by atoms with Crippen molar-refractivity contribution in [3.63, 3.8) is 0 Å². The minimum atomic E-state index is 0.291. The molecule has 2 fully saturated rings. The molecule has 1 aromatic heterocycles. The van der Waals surface area contributed by atoms with Gasteiger partial charge in [0.15, 0.2) is 0 Å². The summed E-state index contributed by atoms with van der Waals surface area (Å²) in [5.41, 5.74) is 3.24. The Morgan fingerprint density at radius 1 is 1.07 bits per heavy atom. The fourth-order valence-electron chi connectivity index (χ4n) is 3.78. The Balaban J connectivity index is 1.39. The third kappa shape index (κ3) is 4.89. The molecule has 2 aliphatic rings. The van der Waals surface area contributed by atoms with Crippen molar-refractivity contribution in [3.05, 3.63) is 36.0 Å². The number of anilines is 4. The molecule has 4 rings (SSSR count). The van der Waals surface area contributed by atoms with E-state index in [0.717, 1.165) is 56.3 Å². The van der Waals surface area contributed by atoms with Crippen LogP contribution in [-0.4, -0.2) is 42.3 Å². The van der Waals surface area contributed by atoms with Crippen molar-refractivity contribution in [2.45, 2.75) is 45.1 Å². The Morgan fingerprint density at radius 3 is 2.63 bits per heavy atom. The van der Waals surface area contributed by atoms with E-state index in [1.54, 1.807) is 0 Å². The lowest BCUT2D eigenvalue weighted by molar-refractivity contribution is 0.120. The monoisotopic (exact) mass is 367 g/mol. The molecular formula is C21H29N5O. The summed E-state index contributed by atoms with van der Waals surface area (Å²) >= 11 is 0. The van der Waals surface area contributed by atoms with E-state index in [2.05, 4.69) is 49.8 Å². The molecule has 6 heteroatoms. The van der Waals surface area contributed by atoms with Crippen LogP contribution in [0.25, 0.3) is 0 Å². The number of aryl methyl sites for hydroxylation is 1. The molecule has 0 spiro atoms. The lowest BCUT2D eigenvalue weighted by atomic mass is 10.1. The molecule has 2 saturated heterocycles. The predicted molar refractivity (Wildman–Crippen MR) is 110 cm³/mol. The maximum absolute atomic E-state index is 5.67. The van der Waals surface area contributed by atoms with Gasteiger partial charge in [-0.3, -0.25) is 0 Å². The summed E-state index contributed by atoms with van der Waals surface area (Å²) in [6.45, 7) is 5.97. The second-order valence-corrected chi connectivity index (χ2v) is 7.45. The number of aromatic nitrogens is 2. The summed E-state index contributed by atoms with van der Waals surface area (Å²) in [6, 6.07) is 10.5. The molecule has 0 amide bonds. The van der Waals surface area contributed by atoms with Crippen molar-refractivity contribution in [2.24, 2.45) is 0 Å². The third-order valence-corrected chi connectivity index (χ3v) is 5.23. The number of nitrogens with one attached hydrogen (secondary N) is 2. The van der Waals surface area contributed by atoms with E-state index in [0.29, 0.717) is 12.1 Å². The summed E-state index contributed by atoms with van der Waals surface area (Å²) in [4.78, 5) is 11.6. The van der Waals surface area contributed by atoms with E-state index >= 15 is 0 Å². The largest absolute Gasteiger partial charge is 0.376 e. The van der Waals surface area contributed by atoms with Crippen LogP contribution in [0, 0.1) is 6.92 Å². The Hall–Kier alpha value is -2.34. The molecule has 2 N–H and O–H groups in total. The Labute approximate surface area is 161 Å². The molecule has 144 valence electrons. The summed E-state index contributed by atoms with van der Waals surface area (Å²) in [6.07, 6.45) is 6.49. The van der Waals surface area contributed by atoms with E-state index in [9.17, 15) is 0 Å². The van der Waals surface area contributed by atoms with Gasteiger partial charge in [0.05, 0.1) is 6.10 Å². The van der Waals surface area contributed by atoms with Crippen LogP contribution in [0.4, 0.5) is 23.1 Å². The number of nitrogens with zero attached hydrogens (tertiary/aromatic N) is 3. The van der Waals surface area contributed by atoms with Gasteiger partial charge in [0.25, 0.3) is 0 Å². The van der Waals surface area contributed by atoms with Gasteiger partial charge in [-0.2, -0.15) is 4.98 Å². The number of benzene rings is 1. The van der Waals surface area contributed by atoms with Crippen molar-refractivity contribution in [3.8, 4) is 0 Å². The first kappa shape index (κ1) is 18.0. The summed E-state index contributed by atoms with van der Waals surface area (Å²) < 4.78 is 5.67. The van der Waals surface area contributed by atoms with Gasteiger partial charge in [-0.15, -0.1) is 0 Å². The van der Waals surface area contributed by atoms with E-state index in [-0.39, 0.29) is 0 Å². The van der Waals surface area contributed by atoms with Gasteiger partial charge in [0.1, 0.15) is 5.82 Å². The first-order valence-electron chi connectivity index (χ1n) is 10.1. The van der Waals surface area contributed by atoms with Crippen molar-refractivity contribution in [1.82, 2.24) is 9.97 Å². The highest BCUT2D eigenvalue weighted by atomic mass is 16.5. The summed E-state index contributed by atoms with van der Waals surface area (Å²) in [7, 11) is 0. The standard InChI is InChI=1S/C21H29N5O/c1-16-14-20(22-15-19-6-5-13-27-19)25-21(23-16)24-17-7-9-18(10-8-17)26-11-3-2-4-12-26/h7-10,14,19H,2-6,11-13,15H2,1H3,(H2,22,23,24,25). The highest BCUT2D eigenvalue weighted by Gasteiger charge is 2.15. The minimum Gasteiger partial charge on any atom is -0.376 e. The molecule has 27 heavy (non-hydrogen) atoms. The lowest BCUT2D eigenvalue weighted by Crippen LogP contribution is -2.29. The summed E-state index contributed by atoms with van der Waals surface area (Å²) in [5, 5.41) is 6.71. The van der Waals surface area contributed by atoms with Crippen LogP contribution >= 0.6 is 0 Å². The van der Waals surface area contributed by atoms with Crippen LogP contribution in [0.3, 0.4) is 0 Å². The van der Waals surface area contributed by atoms with Crippen LogP contribution in [0.1, 0.15) is 37.8 Å². The molecule has 6 nitrogen and oxygen atoms in total. The highest BCUT2D eigenvalue weighted by molar-refractivity contribution is 5.60. The van der Waals surface area contributed by atoms with E-state index in [1.165, 1.54) is 24.9 Å². The number of rotatable bonds is 6. The molecule has 0 bridgehead atoms. The van der Waals surface area contributed by atoms with Crippen molar-refractivity contribution in [2.75, 3.05) is 41.8 Å². The number of hydrogen-bond donors (Lipinski definition) is 2. The molecule has 1 unspecified atom stereocenters. The zero-order valence-corrected chi connectivity index (χ0v) is 16.1. The molecule has 0 radical (unpaired) electrons. The van der Waals surface area contributed by atoms with Crippen LogP contribution < -0.4 is 15.5 Å². The van der Waals surface area contributed by atoms with Gasteiger partial charge in [0.2, 0.25) is 5.95 Å². The summed E-state index contributed by atoms with van der Waals surface area (Å²) in [5.74, 6) is 1.46. The van der Waals surface area contributed by atoms with Crippen molar-refractivity contribution >= 4 is 23.1 Å². The Kier molecular flexibility index (Phi) is 5.72. The lowest BCUT2D eigenvalue weighted by Gasteiger charge is -2.28. The van der Waals surface area contributed by atoms with Gasteiger partial charge in [-0.25, -0.2) is 4.98 Å². The second-order valence-electron chi connectivity index (χ2n) is 7.45. The van der Waals surface area contributed by atoms with E-state index in [4.69, 9.17) is 4.74 Å². The van der Waals surface area contributed by atoms with Crippen molar-refractivity contribution in [1.29, 1.82) is 0 Å². The zero-order valence-electron chi connectivity index (χ0n) is 16.1. The first-order chi connectivity index (χ1) is 13.3. The third-order valence-electron chi connectivity index (χ3n) is 5.23. The predicted octanol–water partition coefficient (Wildman–Crippen LogP) is 4.11. The van der Waals surface area contributed by atoms with Crippen LogP contribution in [0.2, 0.25) is 0 Å². The molecule has 3 heterocycles. The fourth-order valence-corrected chi connectivity index (χ4v) is 3.78. The minimum absolute atomic E-state index is 0.291. The number of piperidine rings is 1. The van der Waals surface area contributed by atoms with Gasteiger partial charge in [-0.1, -0.05) is 0 Å². The first-order valence-corrected chi connectivity index (χ1v) is 10.1. The molecule has 0 aliphatic carbocycles. The Bertz CT molecular complexity index is 737. The molecular weight excluding hydrogens is 338 g/mol. The molecule has 2 aromatic rings. The average molecular weight is 367 g/mol. The molecule has 2 aliphatic heterocycles. The van der Waals surface area contributed by atoms with Gasteiger partial charge in [-0.05, 0) is 63.3 Å². The molecule has 1 atom stereocenters. The van der Waals surface area contributed by atoms with Gasteiger partial charge in [0, 0.05) is 49.4 Å². The maximum atomic E-state index is 5.67. The fraction of sp³-hybridized carbons (Fsp3) is 0.524. The average Bonchev–Trinajstić information content (AvgIpc) is 3.21. The quantitative estimate of drug-likeness (QED) is 0.801. The van der Waals surface area contributed by atoms with E-state index in [1.807, 2.05) is 13.0 Å². The highest BCUT2D eigenvalue weighted by Crippen LogP contribution is 2.23. The maximum Gasteiger partial charge on any atom is 0.229 e. The van der Waals surface area contributed by atoms with Crippen molar-refractivity contribution < 1.29 is 4.74 Å². The molecule has 1 aromatic carbocycles. The smallest absolute Gasteiger partial charge is 0.229 e. The number of ether oxygens (including phenoxy) is 1. The second kappa shape index (κ2) is 8.57. The van der Waals surface area contributed by atoms with Crippen LogP contribution in [0.15, 0.2) is 30.3 Å². The van der Waals surface area contributed by atoms with Gasteiger partial charge < -0.3 is 20.3 Å². The molecule has 0 saturated carbocycles. The SMILES string of the molecule is Cc1cc(NCC2CCCO2)nc(Nc2ccc(N3CCCCC3)cc2)n1.